The van der Waals surface area contributed by atoms with Crippen molar-refractivity contribution < 1.29 is 9.59 Å². The second-order valence-corrected chi connectivity index (χ2v) is 6.94. The summed E-state index contributed by atoms with van der Waals surface area (Å²) in [5, 5.41) is 8.47. The van der Waals surface area contributed by atoms with Crippen molar-refractivity contribution in [2.75, 3.05) is 10.6 Å². The minimum absolute atomic E-state index is 0.0345. The number of carbonyl (C=O) groups is 2. The topological polar surface area (TPSA) is 70.2 Å². The van der Waals surface area contributed by atoms with Gasteiger partial charge >= 0.3 is 6.03 Å². The van der Waals surface area contributed by atoms with Crippen LogP contribution in [0.5, 0.6) is 0 Å². The fourth-order valence-corrected chi connectivity index (χ4v) is 3.19. The van der Waals surface area contributed by atoms with E-state index in [-0.39, 0.29) is 18.0 Å². The molecule has 5 nitrogen and oxygen atoms in total. The summed E-state index contributed by atoms with van der Waals surface area (Å²) >= 11 is 0. The van der Waals surface area contributed by atoms with Gasteiger partial charge in [0.1, 0.15) is 0 Å². The number of anilines is 2. The molecule has 2 aromatic rings. The summed E-state index contributed by atoms with van der Waals surface area (Å²) in [6, 6.07) is 12.9. The molecule has 0 spiro atoms. The van der Waals surface area contributed by atoms with Crippen LogP contribution in [0.1, 0.15) is 48.2 Å². The highest BCUT2D eigenvalue weighted by Crippen LogP contribution is 2.24. The second kappa shape index (κ2) is 8.04. The highest BCUT2D eigenvalue weighted by atomic mass is 16.2. The summed E-state index contributed by atoms with van der Waals surface area (Å²) in [5.41, 5.74) is 4.41. The molecule has 1 aliphatic carbocycles. The van der Waals surface area contributed by atoms with Crippen molar-refractivity contribution in [3.8, 4) is 0 Å². The van der Waals surface area contributed by atoms with Gasteiger partial charge in [-0.25, -0.2) is 4.79 Å². The molecular formula is C21H25N3O2. The Bertz CT molecular complexity index is 815. The molecule has 3 rings (SSSR count). The third-order valence-electron chi connectivity index (χ3n) is 4.45. The van der Waals surface area contributed by atoms with Crippen LogP contribution in [0.4, 0.5) is 16.2 Å². The summed E-state index contributed by atoms with van der Waals surface area (Å²) in [4.78, 5) is 24.6. The van der Waals surface area contributed by atoms with E-state index in [9.17, 15) is 9.59 Å². The number of rotatable bonds is 4. The number of urea groups is 1. The predicted molar refractivity (Wildman–Crippen MR) is 105 cm³/mol. The molecule has 3 N–H and O–H groups in total. The molecule has 1 aliphatic rings. The number of hydrogen-bond donors (Lipinski definition) is 3. The van der Waals surface area contributed by atoms with E-state index < -0.39 is 0 Å². The van der Waals surface area contributed by atoms with Gasteiger partial charge in [0.2, 0.25) is 0 Å². The van der Waals surface area contributed by atoms with Crippen LogP contribution in [0.25, 0.3) is 0 Å². The number of nitrogens with one attached hydrogen (secondary N) is 3. The van der Waals surface area contributed by atoms with Crippen LogP contribution in [0.2, 0.25) is 0 Å². The van der Waals surface area contributed by atoms with Crippen LogP contribution in [-0.4, -0.2) is 18.0 Å². The van der Waals surface area contributed by atoms with E-state index in [1.165, 1.54) is 24.0 Å². The van der Waals surface area contributed by atoms with E-state index in [1.807, 2.05) is 38.1 Å². The molecule has 0 saturated heterocycles. The second-order valence-electron chi connectivity index (χ2n) is 6.94. The molecule has 0 aromatic heterocycles. The molecule has 0 bridgehead atoms. The van der Waals surface area contributed by atoms with Gasteiger partial charge in [0, 0.05) is 11.6 Å². The summed E-state index contributed by atoms with van der Waals surface area (Å²) in [7, 11) is 0. The van der Waals surface area contributed by atoms with Gasteiger partial charge in [-0.1, -0.05) is 18.2 Å². The van der Waals surface area contributed by atoms with E-state index in [2.05, 4.69) is 22.0 Å². The maximum absolute atomic E-state index is 12.7. The Balaban J connectivity index is 1.74. The van der Waals surface area contributed by atoms with Gasteiger partial charge in [0.25, 0.3) is 5.91 Å². The highest BCUT2D eigenvalue weighted by molar-refractivity contribution is 6.07. The molecule has 0 aliphatic heterocycles. The first-order valence-corrected chi connectivity index (χ1v) is 9.12. The normalized spacial score (nSPS) is 13.0. The number of amides is 3. The van der Waals surface area contributed by atoms with Crippen molar-refractivity contribution in [1.82, 2.24) is 5.32 Å². The third-order valence-corrected chi connectivity index (χ3v) is 4.45. The van der Waals surface area contributed by atoms with Crippen molar-refractivity contribution in [3.05, 3.63) is 59.2 Å². The van der Waals surface area contributed by atoms with E-state index in [1.54, 1.807) is 12.1 Å². The molecule has 0 saturated carbocycles. The fraction of sp³-hybridized carbons (Fsp3) is 0.333. The molecule has 0 fully saturated rings. The average molecular weight is 351 g/mol. The number of hydrogen-bond acceptors (Lipinski definition) is 2. The maximum atomic E-state index is 12.7. The highest BCUT2D eigenvalue weighted by Gasteiger charge is 2.14. The number of fused-ring (bicyclic) bond motifs is 1. The van der Waals surface area contributed by atoms with Gasteiger partial charge in [-0.3, -0.25) is 4.79 Å². The zero-order valence-corrected chi connectivity index (χ0v) is 15.3. The predicted octanol–water partition coefficient (Wildman–Crippen LogP) is 4.35. The first-order valence-electron chi connectivity index (χ1n) is 9.12. The van der Waals surface area contributed by atoms with Crippen molar-refractivity contribution in [2.24, 2.45) is 0 Å². The average Bonchev–Trinajstić information content (AvgIpc) is 2.62. The lowest BCUT2D eigenvalue weighted by molar-refractivity contribution is 0.102. The Morgan fingerprint density at radius 2 is 1.54 bits per heavy atom. The summed E-state index contributed by atoms with van der Waals surface area (Å²) in [5.74, 6) is -0.170. The lowest BCUT2D eigenvalue weighted by Gasteiger charge is -2.17. The SMILES string of the molecule is CC(C)NC(=O)Nc1ccccc1NC(=O)c1ccc2c(c1)CCCC2. The van der Waals surface area contributed by atoms with Gasteiger partial charge < -0.3 is 16.0 Å². The fourth-order valence-electron chi connectivity index (χ4n) is 3.19. The van der Waals surface area contributed by atoms with Crippen molar-refractivity contribution in [1.29, 1.82) is 0 Å². The number of para-hydroxylation sites is 2. The van der Waals surface area contributed by atoms with Crippen LogP contribution >= 0.6 is 0 Å². The molecule has 136 valence electrons. The van der Waals surface area contributed by atoms with E-state index in [0.29, 0.717) is 16.9 Å². The third kappa shape index (κ3) is 4.42. The lowest BCUT2D eigenvalue weighted by Crippen LogP contribution is -2.34. The van der Waals surface area contributed by atoms with Crippen LogP contribution in [-0.2, 0) is 12.8 Å². The Labute approximate surface area is 154 Å². The van der Waals surface area contributed by atoms with E-state index in [0.717, 1.165) is 12.8 Å². The minimum atomic E-state index is -0.296. The summed E-state index contributed by atoms with van der Waals surface area (Å²) in [6.45, 7) is 3.78. The Morgan fingerprint density at radius 3 is 2.23 bits per heavy atom. The first-order chi connectivity index (χ1) is 12.5. The quantitative estimate of drug-likeness (QED) is 0.766. The summed E-state index contributed by atoms with van der Waals surface area (Å²) < 4.78 is 0. The number of benzene rings is 2. The van der Waals surface area contributed by atoms with Crippen LogP contribution in [0.15, 0.2) is 42.5 Å². The van der Waals surface area contributed by atoms with Crippen LogP contribution in [0.3, 0.4) is 0 Å². The minimum Gasteiger partial charge on any atom is -0.336 e. The Morgan fingerprint density at radius 1 is 0.885 bits per heavy atom. The largest absolute Gasteiger partial charge is 0.336 e. The Kier molecular flexibility index (Phi) is 5.56. The lowest BCUT2D eigenvalue weighted by atomic mass is 9.90. The molecule has 0 atom stereocenters. The molecule has 3 amide bonds. The van der Waals surface area contributed by atoms with Crippen molar-refractivity contribution in [3.63, 3.8) is 0 Å². The molecule has 0 unspecified atom stereocenters. The van der Waals surface area contributed by atoms with Gasteiger partial charge in [-0.2, -0.15) is 0 Å². The standard InChI is InChI=1S/C21H25N3O2/c1-14(2)22-21(26)24-19-10-6-5-9-18(19)23-20(25)17-12-11-15-7-3-4-8-16(15)13-17/h5-6,9-14H,3-4,7-8H2,1-2H3,(H,23,25)(H2,22,24,26). The van der Waals surface area contributed by atoms with Crippen LogP contribution in [0, 0.1) is 0 Å². The van der Waals surface area contributed by atoms with E-state index in [4.69, 9.17) is 0 Å². The van der Waals surface area contributed by atoms with Crippen molar-refractivity contribution in [2.45, 2.75) is 45.6 Å². The maximum Gasteiger partial charge on any atom is 0.319 e. The number of carbonyl (C=O) groups excluding carboxylic acids is 2. The summed E-state index contributed by atoms with van der Waals surface area (Å²) in [6.07, 6.45) is 4.52. The van der Waals surface area contributed by atoms with Crippen LogP contribution < -0.4 is 16.0 Å². The van der Waals surface area contributed by atoms with E-state index >= 15 is 0 Å². The molecule has 0 radical (unpaired) electrons. The molecule has 26 heavy (non-hydrogen) atoms. The zero-order chi connectivity index (χ0) is 18.5. The molecular weight excluding hydrogens is 326 g/mol. The van der Waals surface area contributed by atoms with Gasteiger partial charge in [0.15, 0.2) is 0 Å². The number of aryl methyl sites for hydroxylation is 2. The van der Waals surface area contributed by atoms with Gasteiger partial charge in [-0.15, -0.1) is 0 Å². The monoisotopic (exact) mass is 351 g/mol. The zero-order valence-electron chi connectivity index (χ0n) is 15.3. The van der Waals surface area contributed by atoms with Gasteiger partial charge in [0.05, 0.1) is 11.4 Å². The first kappa shape index (κ1) is 18.0. The Hall–Kier alpha value is -2.82. The molecule has 5 heteroatoms. The molecule has 0 heterocycles. The smallest absolute Gasteiger partial charge is 0.319 e. The molecule has 2 aromatic carbocycles. The van der Waals surface area contributed by atoms with Crippen molar-refractivity contribution >= 4 is 23.3 Å². The van der Waals surface area contributed by atoms with Gasteiger partial charge in [-0.05, 0) is 74.9 Å².